The highest BCUT2D eigenvalue weighted by Crippen LogP contribution is 2.27. The third-order valence-electron chi connectivity index (χ3n) is 6.13. The molecular formula is C20H27N7. The Balaban J connectivity index is 1.29. The SMILES string of the molecule is Cn1nc(CN2CCN(c3ncnc4c3ccn4C)CC2)c2c1CCCC2. The van der Waals surface area contributed by atoms with Gasteiger partial charge in [-0.1, -0.05) is 0 Å². The zero-order valence-electron chi connectivity index (χ0n) is 16.2. The highest BCUT2D eigenvalue weighted by Gasteiger charge is 2.24. The van der Waals surface area contributed by atoms with Crippen LogP contribution in [0.3, 0.4) is 0 Å². The minimum Gasteiger partial charge on any atom is -0.353 e. The van der Waals surface area contributed by atoms with E-state index in [1.165, 1.54) is 42.6 Å². The lowest BCUT2D eigenvalue weighted by Gasteiger charge is -2.35. The standard InChI is InChI=1S/C20H27N7/c1-24-8-7-16-19(24)21-14-22-20(16)27-11-9-26(10-12-27)13-17-15-5-3-4-6-18(15)25(2)23-17/h7-8,14H,3-6,9-13H2,1-2H3. The Morgan fingerprint density at radius 3 is 2.67 bits per heavy atom. The van der Waals surface area contributed by atoms with Crippen LogP contribution < -0.4 is 4.90 Å². The maximum absolute atomic E-state index is 4.85. The number of nitrogens with zero attached hydrogens (tertiary/aromatic N) is 7. The lowest BCUT2D eigenvalue weighted by atomic mass is 9.95. The summed E-state index contributed by atoms with van der Waals surface area (Å²) in [7, 11) is 4.14. The molecule has 7 heteroatoms. The van der Waals surface area contributed by atoms with E-state index in [2.05, 4.69) is 48.3 Å². The highest BCUT2D eigenvalue weighted by atomic mass is 15.3. The fourth-order valence-corrected chi connectivity index (χ4v) is 4.63. The molecule has 0 atom stereocenters. The Hall–Kier alpha value is -2.41. The van der Waals surface area contributed by atoms with Crippen molar-refractivity contribution in [3.63, 3.8) is 0 Å². The van der Waals surface area contributed by atoms with E-state index in [9.17, 15) is 0 Å². The third kappa shape index (κ3) is 2.90. The van der Waals surface area contributed by atoms with Crippen molar-refractivity contribution in [1.82, 2.24) is 29.2 Å². The highest BCUT2D eigenvalue weighted by molar-refractivity contribution is 5.87. The summed E-state index contributed by atoms with van der Waals surface area (Å²) in [6, 6.07) is 2.12. The zero-order valence-corrected chi connectivity index (χ0v) is 16.2. The molecule has 3 aromatic rings. The lowest BCUT2D eigenvalue weighted by Crippen LogP contribution is -2.46. The zero-order chi connectivity index (χ0) is 18.4. The second kappa shape index (κ2) is 6.64. The molecule has 3 aromatic heterocycles. The van der Waals surface area contributed by atoms with Gasteiger partial charge in [-0.15, -0.1) is 0 Å². The summed E-state index contributed by atoms with van der Waals surface area (Å²) >= 11 is 0. The normalized spacial score (nSPS) is 18.2. The maximum Gasteiger partial charge on any atom is 0.145 e. The predicted molar refractivity (Wildman–Crippen MR) is 106 cm³/mol. The number of aromatic nitrogens is 5. The van der Waals surface area contributed by atoms with E-state index in [1.54, 1.807) is 6.33 Å². The third-order valence-corrected chi connectivity index (χ3v) is 6.13. The molecule has 0 bridgehead atoms. The summed E-state index contributed by atoms with van der Waals surface area (Å²) in [5.41, 5.74) is 5.28. The Labute approximate surface area is 159 Å². The molecular weight excluding hydrogens is 338 g/mol. The molecule has 5 rings (SSSR count). The topological polar surface area (TPSA) is 55.0 Å². The van der Waals surface area contributed by atoms with Gasteiger partial charge in [-0.05, 0) is 37.3 Å². The first-order chi connectivity index (χ1) is 13.2. The van der Waals surface area contributed by atoms with Gasteiger partial charge in [0.15, 0.2) is 0 Å². The Morgan fingerprint density at radius 2 is 1.81 bits per heavy atom. The van der Waals surface area contributed by atoms with E-state index in [0.29, 0.717) is 0 Å². The monoisotopic (exact) mass is 365 g/mol. The van der Waals surface area contributed by atoms with Crippen molar-refractivity contribution in [3.8, 4) is 0 Å². The van der Waals surface area contributed by atoms with Crippen LogP contribution >= 0.6 is 0 Å². The van der Waals surface area contributed by atoms with Crippen molar-refractivity contribution < 1.29 is 0 Å². The molecule has 0 unspecified atom stereocenters. The van der Waals surface area contributed by atoms with Gasteiger partial charge in [0, 0.05) is 58.7 Å². The summed E-state index contributed by atoms with van der Waals surface area (Å²) in [6.07, 6.45) is 8.74. The molecule has 0 saturated carbocycles. The van der Waals surface area contributed by atoms with E-state index < -0.39 is 0 Å². The summed E-state index contributed by atoms with van der Waals surface area (Å²) in [4.78, 5) is 13.9. The molecule has 1 aliphatic heterocycles. The minimum absolute atomic E-state index is 0.974. The Bertz CT molecular complexity index is 962. The molecule has 0 aromatic carbocycles. The number of piperazine rings is 1. The smallest absolute Gasteiger partial charge is 0.145 e. The van der Waals surface area contributed by atoms with E-state index in [-0.39, 0.29) is 0 Å². The quantitative estimate of drug-likeness (QED) is 0.710. The van der Waals surface area contributed by atoms with Gasteiger partial charge in [-0.2, -0.15) is 5.10 Å². The summed E-state index contributed by atoms with van der Waals surface area (Å²) in [5, 5.41) is 5.99. The largest absolute Gasteiger partial charge is 0.353 e. The molecule has 1 saturated heterocycles. The molecule has 0 amide bonds. The number of anilines is 1. The first-order valence-electron chi connectivity index (χ1n) is 9.97. The van der Waals surface area contributed by atoms with Crippen LogP contribution in [0.4, 0.5) is 5.82 Å². The van der Waals surface area contributed by atoms with Gasteiger partial charge < -0.3 is 9.47 Å². The molecule has 2 aliphatic rings. The second-order valence-corrected chi connectivity index (χ2v) is 7.83. The van der Waals surface area contributed by atoms with Crippen molar-refractivity contribution >= 4 is 16.9 Å². The predicted octanol–water partition coefficient (Wildman–Crippen LogP) is 1.90. The molecule has 0 N–H and O–H groups in total. The van der Waals surface area contributed by atoms with E-state index in [1.807, 2.05) is 7.05 Å². The molecule has 7 nitrogen and oxygen atoms in total. The van der Waals surface area contributed by atoms with Gasteiger partial charge in [0.05, 0.1) is 11.1 Å². The Kier molecular flexibility index (Phi) is 4.11. The average Bonchev–Trinajstić information content (AvgIpc) is 3.23. The van der Waals surface area contributed by atoms with Gasteiger partial charge in [0.1, 0.15) is 17.8 Å². The molecule has 27 heavy (non-hydrogen) atoms. The van der Waals surface area contributed by atoms with Crippen LogP contribution in [0.15, 0.2) is 18.6 Å². The lowest BCUT2D eigenvalue weighted by molar-refractivity contribution is 0.245. The molecule has 0 radical (unpaired) electrons. The number of hydrogen-bond donors (Lipinski definition) is 0. The summed E-state index contributed by atoms with van der Waals surface area (Å²) in [5.74, 6) is 1.07. The van der Waals surface area contributed by atoms with E-state index >= 15 is 0 Å². The second-order valence-electron chi connectivity index (χ2n) is 7.83. The Morgan fingerprint density at radius 1 is 1.00 bits per heavy atom. The van der Waals surface area contributed by atoms with Gasteiger partial charge in [-0.25, -0.2) is 9.97 Å². The molecule has 142 valence electrons. The van der Waals surface area contributed by atoms with Crippen LogP contribution in [-0.2, 0) is 33.5 Å². The van der Waals surface area contributed by atoms with E-state index in [4.69, 9.17) is 5.10 Å². The number of aryl methyl sites for hydroxylation is 2. The van der Waals surface area contributed by atoms with Gasteiger partial charge in [0.25, 0.3) is 0 Å². The van der Waals surface area contributed by atoms with Crippen LogP contribution in [0.2, 0.25) is 0 Å². The molecule has 1 aliphatic carbocycles. The van der Waals surface area contributed by atoms with Crippen molar-refractivity contribution in [2.45, 2.75) is 32.2 Å². The first-order valence-corrected chi connectivity index (χ1v) is 9.97. The minimum atomic E-state index is 0.974. The van der Waals surface area contributed by atoms with Crippen molar-refractivity contribution in [1.29, 1.82) is 0 Å². The van der Waals surface area contributed by atoms with Crippen LogP contribution in [0, 0.1) is 0 Å². The van der Waals surface area contributed by atoms with Crippen LogP contribution in [0.5, 0.6) is 0 Å². The fourth-order valence-electron chi connectivity index (χ4n) is 4.63. The van der Waals surface area contributed by atoms with Crippen LogP contribution in [0.1, 0.15) is 29.8 Å². The van der Waals surface area contributed by atoms with Gasteiger partial charge in [0.2, 0.25) is 0 Å². The number of hydrogen-bond acceptors (Lipinski definition) is 5. The van der Waals surface area contributed by atoms with Gasteiger partial charge >= 0.3 is 0 Å². The average molecular weight is 365 g/mol. The van der Waals surface area contributed by atoms with Gasteiger partial charge in [-0.3, -0.25) is 9.58 Å². The number of fused-ring (bicyclic) bond motifs is 2. The first kappa shape index (κ1) is 16.7. The van der Waals surface area contributed by atoms with Crippen molar-refractivity contribution in [2.75, 3.05) is 31.1 Å². The van der Waals surface area contributed by atoms with Crippen molar-refractivity contribution in [3.05, 3.63) is 35.5 Å². The molecule has 4 heterocycles. The van der Waals surface area contributed by atoms with Crippen molar-refractivity contribution in [2.24, 2.45) is 14.1 Å². The fraction of sp³-hybridized carbons (Fsp3) is 0.550. The van der Waals surface area contributed by atoms with E-state index in [0.717, 1.165) is 49.6 Å². The molecule has 1 fully saturated rings. The maximum atomic E-state index is 4.85. The van der Waals surface area contributed by atoms with Crippen LogP contribution in [0.25, 0.3) is 11.0 Å². The summed E-state index contributed by atoms with van der Waals surface area (Å²) in [6.45, 7) is 5.06. The molecule has 0 spiro atoms. The summed E-state index contributed by atoms with van der Waals surface area (Å²) < 4.78 is 4.17. The number of rotatable bonds is 3. The van der Waals surface area contributed by atoms with Crippen LogP contribution in [-0.4, -0.2) is 55.4 Å².